The monoisotopic (exact) mass is 368 g/mol. The van der Waals surface area contributed by atoms with Crippen molar-refractivity contribution >= 4 is 29.1 Å². The van der Waals surface area contributed by atoms with E-state index < -0.39 is 5.25 Å². The minimum atomic E-state index is -0.440. The molecule has 1 aromatic carbocycles. The van der Waals surface area contributed by atoms with E-state index in [1.165, 1.54) is 18.7 Å². The molecule has 0 saturated carbocycles. The van der Waals surface area contributed by atoms with Crippen LogP contribution in [-0.2, 0) is 4.79 Å². The molecule has 0 aliphatic heterocycles. The van der Waals surface area contributed by atoms with Gasteiger partial charge in [0.25, 0.3) is 5.22 Å². The summed E-state index contributed by atoms with van der Waals surface area (Å²) in [5.74, 6) is 0.132. The number of carbonyl (C=O) groups excluding carboxylic acids is 2. The Balaban J connectivity index is 1.61. The van der Waals surface area contributed by atoms with Crippen LogP contribution in [-0.4, -0.2) is 32.1 Å². The van der Waals surface area contributed by atoms with Gasteiger partial charge in [-0.3, -0.25) is 14.6 Å². The lowest BCUT2D eigenvalue weighted by Gasteiger charge is -2.10. The maximum atomic E-state index is 12.3. The number of anilines is 1. The number of rotatable bonds is 6. The molecule has 1 amide bonds. The summed E-state index contributed by atoms with van der Waals surface area (Å²) in [5, 5.41) is 10.6. The zero-order chi connectivity index (χ0) is 18.5. The molecule has 2 heterocycles. The van der Waals surface area contributed by atoms with E-state index in [1.54, 1.807) is 49.6 Å². The van der Waals surface area contributed by atoms with Crippen LogP contribution in [0.5, 0.6) is 0 Å². The van der Waals surface area contributed by atoms with Crippen LogP contribution in [0.15, 0.2) is 58.4 Å². The van der Waals surface area contributed by atoms with Crippen molar-refractivity contribution < 1.29 is 14.0 Å². The number of pyridine rings is 1. The number of thioether (sulfide) groups is 1. The van der Waals surface area contributed by atoms with Crippen molar-refractivity contribution in [2.75, 3.05) is 5.32 Å². The molecule has 2 aromatic heterocycles. The Morgan fingerprint density at radius 1 is 1.15 bits per heavy atom. The van der Waals surface area contributed by atoms with Crippen molar-refractivity contribution in [3.63, 3.8) is 0 Å². The van der Waals surface area contributed by atoms with Crippen LogP contribution in [0.25, 0.3) is 11.5 Å². The standard InChI is InChI=1S/C18H16N4O3S/c1-11(23)13-5-7-15(8-6-13)20-16(24)12(2)26-18-22-21-17(25-18)14-4-3-9-19-10-14/h3-10,12H,1-2H3,(H,20,24)/t12-/m1/s1. The highest BCUT2D eigenvalue weighted by atomic mass is 32.2. The predicted molar refractivity (Wildman–Crippen MR) is 97.9 cm³/mol. The first-order valence-corrected chi connectivity index (χ1v) is 8.73. The van der Waals surface area contributed by atoms with E-state index in [-0.39, 0.29) is 11.7 Å². The average molecular weight is 368 g/mol. The van der Waals surface area contributed by atoms with Gasteiger partial charge in [-0.15, -0.1) is 10.2 Å². The van der Waals surface area contributed by atoms with Gasteiger partial charge < -0.3 is 9.73 Å². The van der Waals surface area contributed by atoms with Gasteiger partial charge in [0, 0.05) is 23.6 Å². The van der Waals surface area contributed by atoms with E-state index in [4.69, 9.17) is 4.42 Å². The van der Waals surface area contributed by atoms with Crippen molar-refractivity contribution in [1.82, 2.24) is 15.2 Å². The number of hydrogen-bond acceptors (Lipinski definition) is 7. The molecule has 7 nitrogen and oxygen atoms in total. The number of Topliss-reactive ketones (excluding diaryl/α,β-unsaturated/α-hetero) is 1. The summed E-state index contributed by atoms with van der Waals surface area (Å²) >= 11 is 1.17. The Morgan fingerprint density at radius 2 is 1.92 bits per heavy atom. The van der Waals surface area contributed by atoms with Crippen molar-refractivity contribution in [3.05, 3.63) is 54.4 Å². The lowest BCUT2D eigenvalue weighted by atomic mass is 10.1. The number of benzene rings is 1. The van der Waals surface area contributed by atoms with Crippen LogP contribution >= 0.6 is 11.8 Å². The molecule has 26 heavy (non-hydrogen) atoms. The highest BCUT2D eigenvalue weighted by molar-refractivity contribution is 8.00. The second kappa shape index (κ2) is 7.92. The van der Waals surface area contributed by atoms with Crippen LogP contribution in [0.2, 0.25) is 0 Å². The number of hydrogen-bond donors (Lipinski definition) is 1. The van der Waals surface area contributed by atoms with Gasteiger partial charge in [-0.25, -0.2) is 0 Å². The zero-order valence-electron chi connectivity index (χ0n) is 14.2. The Hall–Kier alpha value is -3.00. The van der Waals surface area contributed by atoms with E-state index in [9.17, 15) is 9.59 Å². The second-order valence-corrected chi connectivity index (χ2v) is 6.79. The van der Waals surface area contributed by atoms with Crippen LogP contribution in [0.4, 0.5) is 5.69 Å². The molecular weight excluding hydrogens is 352 g/mol. The summed E-state index contributed by atoms with van der Waals surface area (Å²) in [4.78, 5) is 27.6. The summed E-state index contributed by atoms with van der Waals surface area (Å²) in [6.45, 7) is 3.24. The van der Waals surface area contributed by atoms with Gasteiger partial charge in [-0.1, -0.05) is 11.8 Å². The first kappa shape index (κ1) is 17.8. The fourth-order valence-electron chi connectivity index (χ4n) is 2.10. The highest BCUT2D eigenvalue weighted by Crippen LogP contribution is 2.26. The normalized spacial score (nSPS) is 11.8. The first-order valence-electron chi connectivity index (χ1n) is 7.85. The summed E-state index contributed by atoms with van der Waals surface area (Å²) in [6, 6.07) is 10.3. The van der Waals surface area contributed by atoms with Gasteiger partial charge >= 0.3 is 0 Å². The molecule has 0 aliphatic rings. The van der Waals surface area contributed by atoms with Crippen LogP contribution in [0.3, 0.4) is 0 Å². The van der Waals surface area contributed by atoms with Gasteiger partial charge in [-0.05, 0) is 50.2 Å². The number of ketones is 1. The molecular formula is C18H16N4O3S. The maximum absolute atomic E-state index is 12.3. The minimum absolute atomic E-state index is 0.0207. The third-order valence-electron chi connectivity index (χ3n) is 3.52. The van der Waals surface area contributed by atoms with Crippen LogP contribution in [0.1, 0.15) is 24.2 Å². The summed E-state index contributed by atoms with van der Waals surface area (Å²) in [6.07, 6.45) is 3.29. The number of carbonyl (C=O) groups is 2. The summed E-state index contributed by atoms with van der Waals surface area (Å²) < 4.78 is 5.57. The number of nitrogens with one attached hydrogen (secondary N) is 1. The Labute approximate surface area is 154 Å². The Kier molecular flexibility index (Phi) is 5.43. The molecule has 3 aromatic rings. The quantitative estimate of drug-likeness (QED) is 0.525. The van der Waals surface area contributed by atoms with Gasteiger partial charge in [0.1, 0.15) is 0 Å². The molecule has 1 N–H and O–H groups in total. The highest BCUT2D eigenvalue weighted by Gasteiger charge is 2.19. The molecule has 0 bridgehead atoms. The predicted octanol–water partition coefficient (Wildman–Crippen LogP) is 3.45. The zero-order valence-corrected chi connectivity index (χ0v) is 15.0. The third kappa shape index (κ3) is 4.34. The molecule has 132 valence electrons. The van der Waals surface area contributed by atoms with Crippen LogP contribution < -0.4 is 5.32 Å². The molecule has 0 saturated heterocycles. The third-order valence-corrected chi connectivity index (χ3v) is 4.45. The molecule has 0 unspecified atom stereocenters. The van der Waals surface area contributed by atoms with Crippen molar-refractivity contribution in [2.45, 2.75) is 24.3 Å². The number of nitrogens with zero attached hydrogens (tertiary/aromatic N) is 3. The lowest BCUT2D eigenvalue weighted by molar-refractivity contribution is -0.115. The number of amides is 1. The summed E-state index contributed by atoms with van der Waals surface area (Å²) in [5.41, 5.74) is 1.93. The molecule has 8 heteroatoms. The molecule has 0 aliphatic carbocycles. The van der Waals surface area contributed by atoms with Gasteiger partial charge in [-0.2, -0.15) is 0 Å². The van der Waals surface area contributed by atoms with E-state index in [0.29, 0.717) is 22.4 Å². The maximum Gasteiger partial charge on any atom is 0.277 e. The van der Waals surface area contributed by atoms with Crippen LogP contribution in [0, 0.1) is 0 Å². The number of aromatic nitrogens is 3. The average Bonchev–Trinajstić information content (AvgIpc) is 3.11. The van der Waals surface area contributed by atoms with Gasteiger partial charge in [0.2, 0.25) is 11.8 Å². The topological polar surface area (TPSA) is 98.0 Å². The molecule has 1 atom stereocenters. The van der Waals surface area contributed by atoms with E-state index in [0.717, 1.165) is 5.56 Å². The fraction of sp³-hybridized carbons (Fsp3) is 0.167. The molecule has 0 spiro atoms. The van der Waals surface area contributed by atoms with Crippen molar-refractivity contribution in [1.29, 1.82) is 0 Å². The first-order chi connectivity index (χ1) is 12.5. The lowest BCUT2D eigenvalue weighted by Crippen LogP contribution is -2.22. The van der Waals surface area contributed by atoms with Crippen molar-refractivity contribution in [3.8, 4) is 11.5 Å². The summed E-state index contributed by atoms with van der Waals surface area (Å²) in [7, 11) is 0. The van der Waals surface area contributed by atoms with E-state index in [2.05, 4.69) is 20.5 Å². The SMILES string of the molecule is CC(=O)c1ccc(NC(=O)[C@@H](C)Sc2nnc(-c3cccnc3)o2)cc1. The Morgan fingerprint density at radius 3 is 2.58 bits per heavy atom. The minimum Gasteiger partial charge on any atom is -0.411 e. The fourth-order valence-corrected chi connectivity index (χ4v) is 2.78. The van der Waals surface area contributed by atoms with E-state index in [1.807, 2.05) is 6.07 Å². The molecule has 3 rings (SSSR count). The second-order valence-electron chi connectivity index (χ2n) is 5.50. The smallest absolute Gasteiger partial charge is 0.277 e. The molecule has 0 radical (unpaired) electrons. The largest absolute Gasteiger partial charge is 0.411 e. The van der Waals surface area contributed by atoms with Crippen molar-refractivity contribution in [2.24, 2.45) is 0 Å². The van der Waals surface area contributed by atoms with E-state index >= 15 is 0 Å². The Bertz CT molecular complexity index is 910. The molecule has 0 fully saturated rings. The van der Waals surface area contributed by atoms with Gasteiger partial charge in [0.15, 0.2) is 5.78 Å². The van der Waals surface area contributed by atoms with Gasteiger partial charge in [0.05, 0.1) is 10.8 Å².